The van der Waals surface area contributed by atoms with Gasteiger partial charge in [0.15, 0.2) is 5.58 Å². The SMILES string of the molecule is CN(CCn1c(=O)oc2ccccc21)C(c1ccccc1)c1ccccc1. The summed E-state index contributed by atoms with van der Waals surface area (Å²) >= 11 is 0. The van der Waals surface area contributed by atoms with Crippen molar-refractivity contribution < 1.29 is 4.42 Å². The van der Waals surface area contributed by atoms with Crippen LogP contribution in [0.2, 0.25) is 0 Å². The van der Waals surface area contributed by atoms with Crippen molar-refractivity contribution in [3.63, 3.8) is 0 Å². The smallest absolute Gasteiger partial charge is 0.408 e. The van der Waals surface area contributed by atoms with Crippen molar-refractivity contribution in [1.82, 2.24) is 9.47 Å². The Kier molecular flexibility index (Phi) is 4.90. The first kappa shape index (κ1) is 17.3. The fourth-order valence-electron chi connectivity index (χ4n) is 3.58. The second-order valence-electron chi connectivity index (χ2n) is 6.69. The second-order valence-corrected chi connectivity index (χ2v) is 6.69. The quantitative estimate of drug-likeness (QED) is 0.515. The number of fused-ring (bicyclic) bond motifs is 1. The van der Waals surface area contributed by atoms with E-state index in [4.69, 9.17) is 4.42 Å². The van der Waals surface area contributed by atoms with Crippen molar-refractivity contribution >= 4 is 11.1 Å². The molecule has 4 nitrogen and oxygen atoms in total. The van der Waals surface area contributed by atoms with Crippen molar-refractivity contribution in [1.29, 1.82) is 0 Å². The lowest BCUT2D eigenvalue weighted by atomic mass is 9.97. The summed E-state index contributed by atoms with van der Waals surface area (Å²) in [7, 11) is 2.10. The number of para-hydroxylation sites is 2. The Bertz CT molecular complexity index is 1030. The number of rotatable bonds is 6. The van der Waals surface area contributed by atoms with Crippen LogP contribution in [-0.4, -0.2) is 23.1 Å². The number of benzene rings is 3. The van der Waals surface area contributed by atoms with Crippen molar-refractivity contribution in [3.05, 3.63) is 107 Å². The van der Waals surface area contributed by atoms with Crippen LogP contribution >= 0.6 is 0 Å². The molecule has 4 heteroatoms. The number of nitrogens with zero attached hydrogens (tertiary/aromatic N) is 2. The summed E-state index contributed by atoms with van der Waals surface area (Å²) in [5, 5.41) is 0. The molecule has 0 saturated carbocycles. The molecule has 0 radical (unpaired) electrons. The van der Waals surface area contributed by atoms with Crippen LogP contribution < -0.4 is 5.76 Å². The highest BCUT2D eigenvalue weighted by Crippen LogP contribution is 2.27. The molecule has 0 fully saturated rings. The molecule has 1 aromatic heterocycles. The van der Waals surface area contributed by atoms with Crippen molar-refractivity contribution in [3.8, 4) is 0 Å². The summed E-state index contributed by atoms with van der Waals surface area (Å²) in [4.78, 5) is 14.5. The third-order valence-corrected chi connectivity index (χ3v) is 4.92. The summed E-state index contributed by atoms with van der Waals surface area (Å²) in [6.45, 7) is 1.29. The molecule has 4 rings (SSSR count). The van der Waals surface area contributed by atoms with Gasteiger partial charge in [0.1, 0.15) is 0 Å². The van der Waals surface area contributed by atoms with E-state index in [0.29, 0.717) is 12.1 Å². The molecule has 0 saturated heterocycles. The van der Waals surface area contributed by atoms with Crippen LogP contribution in [0.1, 0.15) is 17.2 Å². The van der Waals surface area contributed by atoms with Crippen LogP contribution in [0.3, 0.4) is 0 Å². The van der Waals surface area contributed by atoms with E-state index >= 15 is 0 Å². The van der Waals surface area contributed by atoms with Crippen LogP contribution in [-0.2, 0) is 6.54 Å². The Morgan fingerprint density at radius 1 is 0.852 bits per heavy atom. The highest BCUT2D eigenvalue weighted by atomic mass is 16.4. The molecule has 0 aliphatic carbocycles. The van der Waals surface area contributed by atoms with E-state index in [0.717, 1.165) is 12.1 Å². The van der Waals surface area contributed by atoms with Gasteiger partial charge in [-0.05, 0) is 30.3 Å². The van der Waals surface area contributed by atoms with Gasteiger partial charge in [0.05, 0.1) is 11.6 Å². The molecule has 136 valence electrons. The van der Waals surface area contributed by atoms with Crippen molar-refractivity contribution in [2.75, 3.05) is 13.6 Å². The number of oxazole rings is 1. The van der Waals surface area contributed by atoms with Crippen LogP contribution in [0.25, 0.3) is 11.1 Å². The average Bonchev–Trinajstić information content (AvgIpc) is 3.03. The zero-order chi connectivity index (χ0) is 18.6. The van der Waals surface area contributed by atoms with Gasteiger partial charge >= 0.3 is 5.76 Å². The second kappa shape index (κ2) is 7.64. The molecule has 0 spiro atoms. The molecule has 0 atom stereocenters. The monoisotopic (exact) mass is 358 g/mol. The Morgan fingerprint density at radius 2 is 1.41 bits per heavy atom. The zero-order valence-corrected chi connectivity index (χ0v) is 15.3. The van der Waals surface area contributed by atoms with Crippen LogP contribution in [0, 0.1) is 0 Å². The molecule has 3 aromatic carbocycles. The van der Waals surface area contributed by atoms with E-state index in [1.807, 2.05) is 36.4 Å². The van der Waals surface area contributed by atoms with Crippen LogP contribution in [0.15, 0.2) is 94.1 Å². The Hall–Kier alpha value is -3.11. The first-order chi connectivity index (χ1) is 13.2. The molecular formula is C23H22N2O2. The summed E-state index contributed by atoms with van der Waals surface area (Å²) in [5.74, 6) is -0.305. The van der Waals surface area contributed by atoms with Gasteiger partial charge in [0.25, 0.3) is 0 Å². The van der Waals surface area contributed by atoms with Crippen LogP contribution in [0.5, 0.6) is 0 Å². The van der Waals surface area contributed by atoms with Gasteiger partial charge in [-0.1, -0.05) is 72.8 Å². The van der Waals surface area contributed by atoms with Gasteiger partial charge in [-0.2, -0.15) is 0 Å². The molecule has 0 aliphatic heterocycles. The topological polar surface area (TPSA) is 38.4 Å². The molecule has 27 heavy (non-hydrogen) atoms. The summed E-state index contributed by atoms with van der Waals surface area (Å²) < 4.78 is 7.06. The Balaban J connectivity index is 1.61. The third kappa shape index (κ3) is 3.57. The van der Waals surface area contributed by atoms with Gasteiger partial charge in [0.2, 0.25) is 0 Å². The average molecular weight is 358 g/mol. The summed E-state index contributed by atoms with van der Waals surface area (Å²) in [5.41, 5.74) is 3.94. The lowest BCUT2D eigenvalue weighted by Gasteiger charge is -2.29. The Morgan fingerprint density at radius 3 is 2.04 bits per heavy atom. The molecule has 0 bridgehead atoms. The van der Waals surface area contributed by atoms with E-state index in [-0.39, 0.29) is 11.8 Å². The normalized spacial score (nSPS) is 11.5. The maximum absolute atomic E-state index is 12.2. The number of likely N-dealkylation sites (N-methyl/N-ethyl adjacent to an activating group) is 1. The van der Waals surface area contributed by atoms with E-state index in [2.05, 4.69) is 60.5 Å². The first-order valence-electron chi connectivity index (χ1n) is 9.12. The predicted octanol–water partition coefficient (Wildman–Crippen LogP) is 4.32. The van der Waals surface area contributed by atoms with Gasteiger partial charge < -0.3 is 4.42 Å². The third-order valence-electron chi connectivity index (χ3n) is 4.92. The fourth-order valence-corrected chi connectivity index (χ4v) is 3.58. The highest BCUT2D eigenvalue weighted by Gasteiger charge is 2.19. The highest BCUT2D eigenvalue weighted by molar-refractivity contribution is 5.72. The molecule has 1 heterocycles. The molecule has 4 aromatic rings. The zero-order valence-electron chi connectivity index (χ0n) is 15.3. The van der Waals surface area contributed by atoms with Gasteiger partial charge in [-0.25, -0.2) is 4.79 Å². The van der Waals surface area contributed by atoms with Gasteiger partial charge in [0, 0.05) is 13.1 Å². The minimum Gasteiger partial charge on any atom is -0.408 e. The van der Waals surface area contributed by atoms with Crippen molar-refractivity contribution in [2.45, 2.75) is 12.6 Å². The summed E-state index contributed by atoms with van der Waals surface area (Å²) in [6, 6.07) is 28.6. The molecule has 0 amide bonds. The molecular weight excluding hydrogens is 336 g/mol. The molecule has 0 unspecified atom stereocenters. The number of hydrogen-bond donors (Lipinski definition) is 0. The first-order valence-corrected chi connectivity index (χ1v) is 9.12. The maximum Gasteiger partial charge on any atom is 0.419 e. The minimum atomic E-state index is -0.305. The van der Waals surface area contributed by atoms with Crippen molar-refractivity contribution in [2.24, 2.45) is 0 Å². The van der Waals surface area contributed by atoms with E-state index in [1.165, 1.54) is 11.1 Å². The largest absolute Gasteiger partial charge is 0.419 e. The molecule has 0 N–H and O–H groups in total. The van der Waals surface area contributed by atoms with Gasteiger partial charge in [-0.15, -0.1) is 0 Å². The Labute approximate surface area is 158 Å². The predicted molar refractivity (Wildman–Crippen MR) is 108 cm³/mol. The lowest BCUT2D eigenvalue weighted by Crippen LogP contribution is -2.30. The molecule has 0 aliphatic rings. The number of aromatic nitrogens is 1. The lowest BCUT2D eigenvalue weighted by molar-refractivity contribution is 0.265. The van der Waals surface area contributed by atoms with Gasteiger partial charge in [-0.3, -0.25) is 9.47 Å². The van der Waals surface area contributed by atoms with E-state index in [1.54, 1.807) is 4.57 Å². The van der Waals surface area contributed by atoms with E-state index in [9.17, 15) is 4.79 Å². The number of hydrogen-bond acceptors (Lipinski definition) is 3. The van der Waals surface area contributed by atoms with E-state index < -0.39 is 0 Å². The maximum atomic E-state index is 12.2. The minimum absolute atomic E-state index is 0.126. The standard InChI is InChI=1S/C23H22N2O2/c1-24(16-17-25-20-14-8-9-15-21(20)27-23(25)26)22(18-10-4-2-5-11-18)19-12-6-3-7-13-19/h2-15,22H,16-17H2,1H3. The fraction of sp³-hybridized carbons (Fsp3) is 0.174. The summed E-state index contributed by atoms with van der Waals surface area (Å²) in [6.07, 6.45) is 0. The van der Waals surface area contributed by atoms with Crippen LogP contribution in [0.4, 0.5) is 0 Å².